The highest BCUT2D eigenvalue weighted by molar-refractivity contribution is 6.02. The summed E-state index contributed by atoms with van der Waals surface area (Å²) in [6, 6.07) is 13.2. The van der Waals surface area contributed by atoms with E-state index in [-0.39, 0.29) is 5.91 Å². The number of hydrogen-bond donors (Lipinski definition) is 1. The zero-order valence-corrected chi connectivity index (χ0v) is 10.6. The Labute approximate surface area is 107 Å². The molecule has 0 aliphatic rings. The summed E-state index contributed by atoms with van der Waals surface area (Å²) >= 11 is 0. The molecule has 3 heteroatoms. The number of pyridine rings is 1. The second kappa shape index (κ2) is 5.45. The third kappa shape index (κ3) is 2.94. The highest BCUT2D eigenvalue weighted by atomic mass is 16.1. The highest BCUT2D eigenvalue weighted by Gasteiger charge is 2.07. The molecule has 0 spiro atoms. The van der Waals surface area contributed by atoms with Crippen LogP contribution < -0.4 is 5.32 Å². The van der Waals surface area contributed by atoms with Gasteiger partial charge in [-0.25, -0.2) is 0 Å². The molecule has 2 rings (SSSR count). The fourth-order valence-corrected chi connectivity index (χ4v) is 1.67. The summed E-state index contributed by atoms with van der Waals surface area (Å²) in [5, 5.41) is 2.85. The second-order valence-electron chi connectivity index (χ2n) is 4.45. The summed E-state index contributed by atoms with van der Waals surface area (Å²) in [7, 11) is 0. The molecule has 0 saturated carbocycles. The molecule has 1 heterocycles. The van der Waals surface area contributed by atoms with E-state index in [9.17, 15) is 4.79 Å². The fourth-order valence-electron chi connectivity index (χ4n) is 1.67. The molecule has 1 aromatic heterocycles. The summed E-state index contributed by atoms with van der Waals surface area (Å²) < 4.78 is 0. The first kappa shape index (κ1) is 12.3. The van der Waals surface area contributed by atoms with Crippen LogP contribution in [0.3, 0.4) is 0 Å². The highest BCUT2D eigenvalue weighted by Crippen LogP contribution is 2.18. The number of anilines is 1. The maximum absolute atomic E-state index is 11.9. The van der Waals surface area contributed by atoms with Gasteiger partial charge >= 0.3 is 0 Å². The minimum absolute atomic E-state index is 0.184. The van der Waals surface area contributed by atoms with Crippen molar-refractivity contribution < 1.29 is 4.79 Å². The van der Waals surface area contributed by atoms with Gasteiger partial charge in [0.25, 0.3) is 5.91 Å². The Morgan fingerprint density at radius 2 is 2.00 bits per heavy atom. The van der Waals surface area contributed by atoms with Crippen LogP contribution in [-0.4, -0.2) is 10.9 Å². The number of rotatable bonds is 3. The van der Waals surface area contributed by atoms with E-state index in [1.807, 2.05) is 18.2 Å². The van der Waals surface area contributed by atoms with E-state index in [1.54, 1.807) is 24.4 Å². The van der Waals surface area contributed by atoms with Crippen LogP contribution in [0.1, 0.15) is 35.8 Å². The SMILES string of the molecule is CC(C)c1cccc(NC(=O)c2ccccn2)c1. The van der Waals surface area contributed by atoms with Crippen molar-refractivity contribution in [2.45, 2.75) is 19.8 Å². The van der Waals surface area contributed by atoms with Crippen LogP contribution in [0, 0.1) is 0 Å². The van der Waals surface area contributed by atoms with Crippen molar-refractivity contribution >= 4 is 11.6 Å². The normalized spacial score (nSPS) is 10.4. The molecule has 0 saturated heterocycles. The Morgan fingerprint density at radius 3 is 2.67 bits per heavy atom. The third-order valence-corrected chi connectivity index (χ3v) is 2.71. The molecular weight excluding hydrogens is 224 g/mol. The van der Waals surface area contributed by atoms with E-state index in [0.717, 1.165) is 5.69 Å². The first-order chi connectivity index (χ1) is 8.66. The Hall–Kier alpha value is -2.16. The lowest BCUT2D eigenvalue weighted by Gasteiger charge is -2.09. The average molecular weight is 240 g/mol. The second-order valence-corrected chi connectivity index (χ2v) is 4.45. The van der Waals surface area contributed by atoms with Gasteiger partial charge in [0.05, 0.1) is 0 Å². The molecular formula is C15H16N2O. The third-order valence-electron chi connectivity index (χ3n) is 2.71. The molecule has 18 heavy (non-hydrogen) atoms. The fraction of sp³-hybridized carbons (Fsp3) is 0.200. The molecule has 0 bridgehead atoms. The summed E-state index contributed by atoms with van der Waals surface area (Å²) in [4.78, 5) is 15.9. The van der Waals surface area contributed by atoms with Crippen molar-refractivity contribution in [1.82, 2.24) is 4.98 Å². The standard InChI is InChI=1S/C15H16N2O/c1-11(2)12-6-5-7-13(10-12)17-15(18)14-8-3-4-9-16-14/h3-11H,1-2H3,(H,17,18). The lowest BCUT2D eigenvalue weighted by Crippen LogP contribution is -2.13. The first-order valence-electron chi connectivity index (χ1n) is 5.99. The number of benzene rings is 1. The molecule has 0 fully saturated rings. The quantitative estimate of drug-likeness (QED) is 0.892. The zero-order valence-electron chi connectivity index (χ0n) is 10.6. The van der Waals surface area contributed by atoms with Crippen LogP contribution in [-0.2, 0) is 0 Å². The van der Waals surface area contributed by atoms with E-state index in [4.69, 9.17) is 0 Å². The van der Waals surface area contributed by atoms with Gasteiger partial charge in [0.1, 0.15) is 5.69 Å². The number of aromatic nitrogens is 1. The molecule has 1 N–H and O–H groups in total. The Kier molecular flexibility index (Phi) is 3.72. The van der Waals surface area contributed by atoms with Crippen molar-refractivity contribution in [1.29, 1.82) is 0 Å². The number of amides is 1. The largest absolute Gasteiger partial charge is 0.321 e. The molecule has 2 aromatic rings. The molecule has 0 aliphatic carbocycles. The van der Waals surface area contributed by atoms with Gasteiger partial charge in [-0.3, -0.25) is 9.78 Å². The molecule has 0 unspecified atom stereocenters. The van der Waals surface area contributed by atoms with Gasteiger partial charge in [-0.1, -0.05) is 32.0 Å². The van der Waals surface area contributed by atoms with E-state index in [2.05, 4.69) is 30.2 Å². The molecule has 0 aliphatic heterocycles. The number of nitrogens with one attached hydrogen (secondary N) is 1. The smallest absolute Gasteiger partial charge is 0.274 e. The van der Waals surface area contributed by atoms with Crippen LogP contribution in [0.2, 0.25) is 0 Å². The number of nitrogens with zero attached hydrogens (tertiary/aromatic N) is 1. The Bertz CT molecular complexity index is 535. The van der Waals surface area contributed by atoms with Gasteiger partial charge in [-0.2, -0.15) is 0 Å². The van der Waals surface area contributed by atoms with Gasteiger partial charge in [0.15, 0.2) is 0 Å². The Balaban J connectivity index is 2.15. The number of hydrogen-bond acceptors (Lipinski definition) is 2. The van der Waals surface area contributed by atoms with E-state index in [0.29, 0.717) is 11.6 Å². The van der Waals surface area contributed by atoms with Crippen LogP contribution >= 0.6 is 0 Å². The molecule has 1 amide bonds. The molecule has 0 radical (unpaired) electrons. The van der Waals surface area contributed by atoms with E-state index < -0.39 is 0 Å². The lowest BCUT2D eigenvalue weighted by atomic mass is 10.0. The van der Waals surface area contributed by atoms with Crippen LogP contribution in [0.25, 0.3) is 0 Å². The summed E-state index contributed by atoms with van der Waals surface area (Å²) in [6.07, 6.45) is 1.61. The first-order valence-corrected chi connectivity index (χ1v) is 5.99. The van der Waals surface area contributed by atoms with Gasteiger partial charge in [-0.15, -0.1) is 0 Å². The molecule has 92 valence electrons. The van der Waals surface area contributed by atoms with Crippen LogP contribution in [0.15, 0.2) is 48.7 Å². The summed E-state index contributed by atoms with van der Waals surface area (Å²) in [6.45, 7) is 4.25. The number of carbonyl (C=O) groups excluding carboxylic acids is 1. The number of carbonyl (C=O) groups is 1. The van der Waals surface area contributed by atoms with Gasteiger partial charge < -0.3 is 5.32 Å². The Morgan fingerprint density at radius 1 is 1.17 bits per heavy atom. The van der Waals surface area contributed by atoms with Crippen LogP contribution in [0.4, 0.5) is 5.69 Å². The average Bonchev–Trinajstić information content (AvgIpc) is 2.40. The van der Waals surface area contributed by atoms with E-state index >= 15 is 0 Å². The molecule has 3 nitrogen and oxygen atoms in total. The maximum atomic E-state index is 11.9. The molecule has 1 aromatic carbocycles. The van der Waals surface area contributed by atoms with Crippen molar-refractivity contribution in [3.63, 3.8) is 0 Å². The van der Waals surface area contributed by atoms with E-state index in [1.165, 1.54) is 5.56 Å². The predicted molar refractivity (Wildman–Crippen MR) is 72.7 cm³/mol. The van der Waals surface area contributed by atoms with Crippen molar-refractivity contribution in [2.75, 3.05) is 5.32 Å². The molecule has 0 atom stereocenters. The topological polar surface area (TPSA) is 42.0 Å². The van der Waals surface area contributed by atoms with Gasteiger partial charge in [-0.05, 0) is 35.7 Å². The zero-order chi connectivity index (χ0) is 13.0. The van der Waals surface area contributed by atoms with Crippen LogP contribution in [0.5, 0.6) is 0 Å². The minimum Gasteiger partial charge on any atom is -0.321 e. The minimum atomic E-state index is -0.184. The lowest BCUT2D eigenvalue weighted by molar-refractivity contribution is 0.102. The summed E-state index contributed by atoms with van der Waals surface area (Å²) in [5.41, 5.74) is 2.43. The predicted octanol–water partition coefficient (Wildman–Crippen LogP) is 3.46. The maximum Gasteiger partial charge on any atom is 0.274 e. The van der Waals surface area contributed by atoms with Gasteiger partial charge in [0, 0.05) is 11.9 Å². The van der Waals surface area contributed by atoms with Crippen molar-refractivity contribution in [3.8, 4) is 0 Å². The summed E-state index contributed by atoms with van der Waals surface area (Å²) in [5.74, 6) is 0.258. The monoisotopic (exact) mass is 240 g/mol. The van der Waals surface area contributed by atoms with Crippen molar-refractivity contribution in [2.24, 2.45) is 0 Å². The van der Waals surface area contributed by atoms with Crippen molar-refractivity contribution in [3.05, 3.63) is 59.9 Å². The van der Waals surface area contributed by atoms with Gasteiger partial charge in [0.2, 0.25) is 0 Å².